The van der Waals surface area contributed by atoms with Crippen LogP contribution >= 0.6 is 0 Å². The van der Waals surface area contributed by atoms with Crippen molar-refractivity contribution < 1.29 is 23.7 Å². The topological polar surface area (TPSA) is 80.0 Å². The Labute approximate surface area is 118 Å². The minimum Gasteiger partial charge on any atom is -0.493 e. The molecule has 1 aromatic rings. The van der Waals surface area contributed by atoms with Crippen molar-refractivity contribution in [3.63, 3.8) is 0 Å². The molecule has 0 aliphatic rings. The minimum absolute atomic E-state index is 0.0197. The van der Waals surface area contributed by atoms with Crippen molar-refractivity contribution in [3.8, 4) is 17.2 Å². The second kappa shape index (κ2) is 7.59. The van der Waals surface area contributed by atoms with Crippen LogP contribution in [-0.4, -0.2) is 39.9 Å². The molecule has 6 heteroatoms. The molecule has 0 aliphatic heterocycles. The van der Waals surface area contributed by atoms with Gasteiger partial charge in [0.15, 0.2) is 18.1 Å². The van der Waals surface area contributed by atoms with E-state index in [1.807, 2.05) is 19.1 Å². The number of carbonyl (C=O) groups excluding carboxylic acids is 1. The molecule has 112 valence electrons. The summed E-state index contributed by atoms with van der Waals surface area (Å²) in [6.45, 7) is 1.70. The molecule has 0 spiro atoms. The summed E-state index contributed by atoms with van der Waals surface area (Å²) < 4.78 is 20.5. The van der Waals surface area contributed by atoms with Gasteiger partial charge in [0.2, 0.25) is 5.75 Å². The molecule has 20 heavy (non-hydrogen) atoms. The van der Waals surface area contributed by atoms with Gasteiger partial charge in [0, 0.05) is 6.04 Å². The van der Waals surface area contributed by atoms with Crippen molar-refractivity contribution in [2.45, 2.75) is 19.4 Å². The fourth-order valence-corrected chi connectivity index (χ4v) is 1.76. The zero-order valence-electron chi connectivity index (χ0n) is 12.3. The van der Waals surface area contributed by atoms with E-state index in [1.54, 1.807) is 0 Å². The lowest BCUT2D eigenvalue weighted by Crippen LogP contribution is -2.18. The van der Waals surface area contributed by atoms with Crippen LogP contribution in [0, 0.1) is 0 Å². The summed E-state index contributed by atoms with van der Waals surface area (Å²) in [5.41, 5.74) is 6.76. The standard InChI is InChI=1S/C14H21NO5/c1-9(15)5-10-6-11(17-2)14(12(7-10)18-3)20-8-13(16)19-4/h6-7,9H,5,8,15H2,1-4H3. The number of nitrogens with two attached hydrogens (primary N) is 1. The Hall–Kier alpha value is -1.95. The van der Waals surface area contributed by atoms with E-state index in [-0.39, 0.29) is 12.6 Å². The number of methoxy groups -OCH3 is 3. The molecule has 1 aromatic carbocycles. The number of ether oxygens (including phenoxy) is 4. The Kier molecular flexibility index (Phi) is 6.11. The average Bonchev–Trinajstić information content (AvgIpc) is 2.43. The molecule has 0 bridgehead atoms. The molecule has 0 aliphatic carbocycles. The number of hydrogen-bond donors (Lipinski definition) is 1. The Morgan fingerprint density at radius 1 is 1.20 bits per heavy atom. The lowest BCUT2D eigenvalue weighted by molar-refractivity contribution is -0.142. The van der Waals surface area contributed by atoms with Gasteiger partial charge in [-0.3, -0.25) is 0 Å². The van der Waals surface area contributed by atoms with Crippen LogP contribution in [0.15, 0.2) is 12.1 Å². The maximum atomic E-state index is 11.2. The first-order valence-electron chi connectivity index (χ1n) is 6.21. The van der Waals surface area contributed by atoms with Gasteiger partial charge in [-0.1, -0.05) is 0 Å². The van der Waals surface area contributed by atoms with Crippen molar-refractivity contribution in [2.75, 3.05) is 27.9 Å². The Balaban J connectivity index is 3.04. The summed E-state index contributed by atoms with van der Waals surface area (Å²) in [4.78, 5) is 11.2. The van der Waals surface area contributed by atoms with E-state index < -0.39 is 5.97 Å². The quantitative estimate of drug-likeness (QED) is 0.756. The zero-order chi connectivity index (χ0) is 15.1. The van der Waals surface area contributed by atoms with Crippen LogP contribution in [0.3, 0.4) is 0 Å². The van der Waals surface area contributed by atoms with E-state index in [0.717, 1.165) is 5.56 Å². The van der Waals surface area contributed by atoms with E-state index in [1.165, 1.54) is 21.3 Å². The zero-order valence-corrected chi connectivity index (χ0v) is 12.3. The van der Waals surface area contributed by atoms with E-state index >= 15 is 0 Å². The van der Waals surface area contributed by atoms with Crippen LogP contribution in [0.4, 0.5) is 0 Å². The number of esters is 1. The molecule has 6 nitrogen and oxygen atoms in total. The summed E-state index contributed by atoms with van der Waals surface area (Å²) in [6, 6.07) is 3.66. The summed E-state index contributed by atoms with van der Waals surface area (Å²) >= 11 is 0. The normalized spacial score (nSPS) is 11.7. The van der Waals surface area contributed by atoms with Crippen LogP contribution in [-0.2, 0) is 16.0 Å². The fraction of sp³-hybridized carbons (Fsp3) is 0.500. The van der Waals surface area contributed by atoms with E-state index in [2.05, 4.69) is 4.74 Å². The third-order valence-electron chi connectivity index (χ3n) is 2.64. The first-order valence-corrected chi connectivity index (χ1v) is 6.21. The Bertz CT molecular complexity index is 434. The maximum absolute atomic E-state index is 11.2. The van der Waals surface area contributed by atoms with Crippen molar-refractivity contribution in [2.24, 2.45) is 5.73 Å². The summed E-state index contributed by atoms with van der Waals surface area (Å²) in [6.07, 6.45) is 0.685. The lowest BCUT2D eigenvalue weighted by Gasteiger charge is -2.16. The van der Waals surface area contributed by atoms with E-state index in [4.69, 9.17) is 19.9 Å². The molecule has 0 radical (unpaired) electrons. The third kappa shape index (κ3) is 4.31. The van der Waals surface area contributed by atoms with Crippen molar-refractivity contribution in [1.82, 2.24) is 0 Å². The highest BCUT2D eigenvalue weighted by atomic mass is 16.6. The smallest absolute Gasteiger partial charge is 0.343 e. The molecule has 0 aromatic heterocycles. The first kappa shape index (κ1) is 16.1. The van der Waals surface area contributed by atoms with Crippen molar-refractivity contribution in [3.05, 3.63) is 17.7 Å². The van der Waals surface area contributed by atoms with Crippen LogP contribution in [0.25, 0.3) is 0 Å². The largest absolute Gasteiger partial charge is 0.493 e. The van der Waals surface area contributed by atoms with E-state index in [9.17, 15) is 4.79 Å². The first-order chi connectivity index (χ1) is 9.51. The molecule has 0 saturated heterocycles. The third-order valence-corrected chi connectivity index (χ3v) is 2.64. The number of benzene rings is 1. The summed E-state index contributed by atoms with van der Waals surface area (Å²) in [7, 11) is 4.34. The molecule has 1 atom stereocenters. The van der Waals surface area contributed by atoms with Crippen molar-refractivity contribution in [1.29, 1.82) is 0 Å². The van der Waals surface area contributed by atoms with Gasteiger partial charge < -0.3 is 24.7 Å². The monoisotopic (exact) mass is 283 g/mol. The van der Waals surface area contributed by atoms with Crippen LogP contribution in [0.1, 0.15) is 12.5 Å². The van der Waals surface area contributed by atoms with E-state index in [0.29, 0.717) is 23.7 Å². The maximum Gasteiger partial charge on any atom is 0.343 e. The molecule has 1 unspecified atom stereocenters. The van der Waals surface area contributed by atoms with Crippen LogP contribution in [0.2, 0.25) is 0 Å². The van der Waals surface area contributed by atoms with Gasteiger partial charge in [-0.25, -0.2) is 4.79 Å². The molecule has 1 rings (SSSR count). The van der Waals surface area contributed by atoms with Crippen LogP contribution in [0.5, 0.6) is 17.2 Å². The van der Waals surface area contributed by atoms with Gasteiger partial charge in [0.1, 0.15) is 0 Å². The van der Waals surface area contributed by atoms with Crippen LogP contribution < -0.4 is 19.9 Å². The molecule has 2 N–H and O–H groups in total. The minimum atomic E-state index is -0.478. The fourth-order valence-electron chi connectivity index (χ4n) is 1.76. The van der Waals surface area contributed by atoms with Gasteiger partial charge in [0.05, 0.1) is 21.3 Å². The molecular formula is C14H21NO5. The Morgan fingerprint density at radius 3 is 2.15 bits per heavy atom. The predicted molar refractivity (Wildman–Crippen MR) is 74.4 cm³/mol. The molecule has 0 fully saturated rings. The second-order valence-corrected chi connectivity index (χ2v) is 4.38. The van der Waals surface area contributed by atoms with Gasteiger partial charge >= 0.3 is 5.97 Å². The average molecular weight is 283 g/mol. The van der Waals surface area contributed by atoms with Gasteiger partial charge in [-0.2, -0.15) is 0 Å². The van der Waals surface area contributed by atoms with Gasteiger partial charge in [-0.05, 0) is 31.0 Å². The number of rotatable bonds is 7. The second-order valence-electron chi connectivity index (χ2n) is 4.38. The number of carbonyl (C=O) groups is 1. The van der Waals surface area contributed by atoms with Gasteiger partial charge in [0.25, 0.3) is 0 Å². The highest BCUT2D eigenvalue weighted by molar-refractivity contribution is 5.71. The molecule has 0 saturated carbocycles. The predicted octanol–water partition coefficient (Wildman–Crippen LogP) is 1.15. The van der Waals surface area contributed by atoms with Crippen molar-refractivity contribution >= 4 is 5.97 Å². The number of hydrogen-bond acceptors (Lipinski definition) is 6. The Morgan fingerprint density at radius 2 is 1.75 bits per heavy atom. The lowest BCUT2D eigenvalue weighted by atomic mass is 10.1. The molecule has 0 amide bonds. The highest BCUT2D eigenvalue weighted by Gasteiger charge is 2.16. The SMILES string of the molecule is COC(=O)COc1c(OC)cc(CC(C)N)cc1OC. The summed E-state index contributed by atoms with van der Waals surface area (Å²) in [5, 5.41) is 0. The van der Waals surface area contributed by atoms with Gasteiger partial charge in [-0.15, -0.1) is 0 Å². The highest BCUT2D eigenvalue weighted by Crippen LogP contribution is 2.38. The molecule has 0 heterocycles. The molecular weight excluding hydrogens is 262 g/mol. The summed E-state index contributed by atoms with van der Waals surface area (Å²) in [5.74, 6) is 0.871.